The third-order valence-corrected chi connectivity index (χ3v) is 4.12. The molecule has 1 nitrogen and oxygen atoms in total. The molecule has 3 heteroatoms. The quantitative estimate of drug-likeness (QED) is 0.807. The van der Waals surface area contributed by atoms with Crippen LogP contribution in [0.5, 0.6) is 0 Å². The van der Waals surface area contributed by atoms with Crippen LogP contribution in [0.15, 0.2) is 45.6 Å². The highest BCUT2D eigenvalue weighted by Crippen LogP contribution is 2.17. The van der Waals surface area contributed by atoms with E-state index in [1.165, 1.54) is 5.56 Å². The molecule has 0 atom stereocenters. The Morgan fingerprint density at radius 1 is 1.24 bits per heavy atom. The lowest BCUT2D eigenvalue weighted by atomic mass is 10.0. The summed E-state index contributed by atoms with van der Waals surface area (Å²) in [6.45, 7) is 0. The number of thiophene rings is 1. The molecule has 2 aromatic rings. The summed E-state index contributed by atoms with van der Waals surface area (Å²) >= 11 is 5.14. The summed E-state index contributed by atoms with van der Waals surface area (Å²) in [5.74, 6) is 0.295. The van der Waals surface area contributed by atoms with Crippen molar-refractivity contribution < 1.29 is 4.79 Å². The largest absolute Gasteiger partial charge is 0.299 e. The minimum Gasteiger partial charge on any atom is -0.299 e. The number of Topliss-reactive ketones (excluding diaryl/α,β-unsaturated/α-hetero) is 1. The Kier molecular flexibility index (Phi) is 4.51. The highest BCUT2D eigenvalue weighted by Gasteiger charge is 2.06. The fraction of sp³-hybridized carbons (Fsp3) is 0.214. The van der Waals surface area contributed by atoms with Crippen molar-refractivity contribution in [1.29, 1.82) is 0 Å². The van der Waals surface area contributed by atoms with Gasteiger partial charge >= 0.3 is 0 Å². The van der Waals surface area contributed by atoms with E-state index in [1.54, 1.807) is 11.3 Å². The van der Waals surface area contributed by atoms with Crippen LogP contribution in [0, 0.1) is 0 Å². The number of hydrogen-bond acceptors (Lipinski definition) is 2. The Bertz CT molecular complexity index is 491. The minimum absolute atomic E-state index is 0.295. The standard InChI is InChI=1S/C14H13BrOS/c15-14-4-2-1-3-12(14)9-13(16)6-5-11-7-8-17-10-11/h1-4,7-8,10H,5-6,9H2. The first-order valence-corrected chi connectivity index (χ1v) is 7.25. The average molecular weight is 309 g/mol. The van der Waals surface area contributed by atoms with Crippen LogP contribution in [0.1, 0.15) is 17.5 Å². The smallest absolute Gasteiger partial charge is 0.137 e. The fourth-order valence-corrected chi connectivity index (χ4v) is 2.79. The van der Waals surface area contributed by atoms with Gasteiger partial charge in [-0.15, -0.1) is 0 Å². The van der Waals surface area contributed by atoms with E-state index >= 15 is 0 Å². The molecule has 88 valence electrons. The van der Waals surface area contributed by atoms with Crippen LogP contribution in [0.3, 0.4) is 0 Å². The van der Waals surface area contributed by atoms with Crippen molar-refractivity contribution in [2.75, 3.05) is 0 Å². The van der Waals surface area contributed by atoms with Crippen molar-refractivity contribution in [3.8, 4) is 0 Å². The van der Waals surface area contributed by atoms with Gasteiger partial charge in [0.1, 0.15) is 5.78 Å². The van der Waals surface area contributed by atoms with E-state index in [0.29, 0.717) is 18.6 Å². The maximum atomic E-state index is 11.8. The van der Waals surface area contributed by atoms with E-state index in [0.717, 1.165) is 16.5 Å². The summed E-state index contributed by atoms with van der Waals surface area (Å²) in [6.07, 6.45) is 2.00. The van der Waals surface area contributed by atoms with Crippen molar-refractivity contribution in [2.45, 2.75) is 19.3 Å². The Morgan fingerprint density at radius 3 is 2.76 bits per heavy atom. The van der Waals surface area contributed by atoms with Gasteiger partial charge in [-0.1, -0.05) is 34.1 Å². The van der Waals surface area contributed by atoms with Crippen LogP contribution >= 0.6 is 27.3 Å². The first-order valence-electron chi connectivity index (χ1n) is 5.52. The van der Waals surface area contributed by atoms with Crippen LogP contribution in [0.4, 0.5) is 0 Å². The molecule has 0 fully saturated rings. The number of hydrogen-bond donors (Lipinski definition) is 0. The molecule has 2 rings (SSSR count). The lowest BCUT2D eigenvalue weighted by Gasteiger charge is -2.03. The van der Waals surface area contributed by atoms with Crippen molar-refractivity contribution in [3.63, 3.8) is 0 Å². The van der Waals surface area contributed by atoms with E-state index in [-0.39, 0.29) is 0 Å². The summed E-state index contributed by atoms with van der Waals surface area (Å²) < 4.78 is 1.02. The van der Waals surface area contributed by atoms with E-state index < -0.39 is 0 Å². The topological polar surface area (TPSA) is 17.1 Å². The molecule has 1 aromatic heterocycles. The molecule has 0 saturated carbocycles. The second kappa shape index (κ2) is 6.12. The zero-order chi connectivity index (χ0) is 12.1. The molecular weight excluding hydrogens is 296 g/mol. The molecule has 0 bridgehead atoms. The van der Waals surface area contributed by atoms with Gasteiger partial charge in [0.05, 0.1) is 0 Å². The first-order chi connectivity index (χ1) is 8.25. The second-order valence-corrected chi connectivity index (χ2v) is 5.57. The summed E-state index contributed by atoms with van der Waals surface area (Å²) in [4.78, 5) is 11.8. The van der Waals surface area contributed by atoms with E-state index in [1.807, 2.05) is 29.6 Å². The fourth-order valence-electron chi connectivity index (χ4n) is 1.66. The summed E-state index contributed by atoms with van der Waals surface area (Å²) in [5.41, 5.74) is 2.33. The Labute approximate surface area is 114 Å². The van der Waals surface area contributed by atoms with E-state index in [4.69, 9.17) is 0 Å². The Balaban J connectivity index is 1.87. The molecule has 1 aromatic carbocycles. The molecule has 0 N–H and O–H groups in total. The van der Waals surface area contributed by atoms with Crippen molar-refractivity contribution >= 4 is 33.0 Å². The maximum absolute atomic E-state index is 11.8. The maximum Gasteiger partial charge on any atom is 0.137 e. The molecule has 0 radical (unpaired) electrons. The second-order valence-electron chi connectivity index (χ2n) is 3.94. The Morgan fingerprint density at radius 2 is 2.06 bits per heavy atom. The molecule has 17 heavy (non-hydrogen) atoms. The minimum atomic E-state index is 0.295. The van der Waals surface area contributed by atoms with Gasteiger partial charge in [0.2, 0.25) is 0 Å². The van der Waals surface area contributed by atoms with Crippen molar-refractivity contribution in [3.05, 3.63) is 56.7 Å². The van der Waals surface area contributed by atoms with Crippen LogP contribution in [0.2, 0.25) is 0 Å². The lowest BCUT2D eigenvalue weighted by molar-refractivity contribution is -0.118. The summed E-state index contributed by atoms with van der Waals surface area (Å²) in [7, 11) is 0. The predicted molar refractivity (Wildman–Crippen MR) is 75.5 cm³/mol. The molecule has 1 heterocycles. The first kappa shape index (κ1) is 12.5. The van der Waals surface area contributed by atoms with Gasteiger partial charge in [-0.3, -0.25) is 4.79 Å². The molecule has 0 aliphatic rings. The molecule has 0 spiro atoms. The highest BCUT2D eigenvalue weighted by atomic mass is 79.9. The zero-order valence-electron chi connectivity index (χ0n) is 9.36. The van der Waals surface area contributed by atoms with Gasteiger partial charge in [-0.2, -0.15) is 11.3 Å². The average Bonchev–Trinajstić information content (AvgIpc) is 2.82. The van der Waals surface area contributed by atoms with Crippen molar-refractivity contribution in [1.82, 2.24) is 0 Å². The molecular formula is C14H13BrOS. The van der Waals surface area contributed by atoms with Gasteiger partial charge < -0.3 is 0 Å². The molecule has 0 aliphatic carbocycles. The predicted octanol–water partition coefficient (Wildman–Crippen LogP) is 4.26. The number of carbonyl (C=O) groups excluding carboxylic acids is 1. The number of carbonyl (C=O) groups is 1. The van der Waals surface area contributed by atoms with Gasteiger partial charge in [-0.25, -0.2) is 0 Å². The van der Waals surface area contributed by atoms with Gasteiger partial charge in [0.15, 0.2) is 0 Å². The van der Waals surface area contributed by atoms with Crippen LogP contribution in [-0.2, 0) is 17.6 Å². The van der Waals surface area contributed by atoms with Crippen LogP contribution in [0.25, 0.3) is 0 Å². The number of aryl methyl sites for hydroxylation is 1. The SMILES string of the molecule is O=C(CCc1ccsc1)Cc1ccccc1Br. The van der Waals surface area contributed by atoms with Crippen molar-refractivity contribution in [2.24, 2.45) is 0 Å². The summed E-state index contributed by atoms with van der Waals surface area (Å²) in [6, 6.07) is 9.97. The van der Waals surface area contributed by atoms with Gasteiger partial charge in [0, 0.05) is 17.3 Å². The molecule has 0 amide bonds. The third-order valence-electron chi connectivity index (χ3n) is 2.62. The number of halogens is 1. The normalized spacial score (nSPS) is 10.4. The molecule has 0 saturated heterocycles. The van der Waals surface area contributed by atoms with Crippen LogP contribution < -0.4 is 0 Å². The monoisotopic (exact) mass is 308 g/mol. The van der Waals surface area contributed by atoms with E-state index in [2.05, 4.69) is 27.4 Å². The number of ketones is 1. The highest BCUT2D eigenvalue weighted by molar-refractivity contribution is 9.10. The van der Waals surface area contributed by atoms with Gasteiger partial charge in [0.25, 0.3) is 0 Å². The van der Waals surface area contributed by atoms with Gasteiger partial charge in [-0.05, 0) is 40.4 Å². The number of rotatable bonds is 5. The van der Waals surface area contributed by atoms with E-state index in [9.17, 15) is 4.79 Å². The zero-order valence-corrected chi connectivity index (χ0v) is 11.8. The summed E-state index contributed by atoms with van der Waals surface area (Å²) in [5, 5.41) is 4.15. The lowest BCUT2D eigenvalue weighted by Crippen LogP contribution is -2.04. The molecule has 0 unspecified atom stereocenters. The molecule has 0 aliphatic heterocycles. The Hall–Kier alpha value is -0.930. The number of benzene rings is 1. The third kappa shape index (κ3) is 3.79. The van der Waals surface area contributed by atoms with Crippen LogP contribution in [-0.4, -0.2) is 5.78 Å².